The second-order valence-electron chi connectivity index (χ2n) is 8.21. The molecular formula is C25H28INO4. The molecule has 0 bridgehead atoms. The molecule has 0 radical (unpaired) electrons. The third-order valence-electron chi connectivity index (χ3n) is 5.91. The molecule has 0 aromatic heterocycles. The van der Waals surface area contributed by atoms with Crippen LogP contribution in [0, 0.1) is 3.57 Å². The fourth-order valence-corrected chi connectivity index (χ4v) is 4.48. The summed E-state index contributed by atoms with van der Waals surface area (Å²) in [7, 11) is 0. The van der Waals surface area contributed by atoms with E-state index in [2.05, 4.69) is 52.2 Å². The molecular weight excluding hydrogens is 505 g/mol. The highest BCUT2D eigenvalue weighted by Gasteiger charge is 2.30. The number of aliphatic hydroxyl groups excluding tert-OH is 1. The maximum absolute atomic E-state index is 12.9. The Morgan fingerprint density at radius 1 is 1.06 bits per heavy atom. The molecule has 2 aromatic rings. The summed E-state index contributed by atoms with van der Waals surface area (Å²) >= 11 is 2.29. The van der Waals surface area contributed by atoms with Gasteiger partial charge in [0.25, 0.3) is 5.91 Å². The second-order valence-corrected chi connectivity index (χ2v) is 9.46. The van der Waals surface area contributed by atoms with Crippen molar-refractivity contribution in [3.8, 4) is 0 Å². The third-order valence-corrected chi connectivity index (χ3v) is 6.63. The molecule has 1 fully saturated rings. The van der Waals surface area contributed by atoms with E-state index in [9.17, 15) is 9.90 Å². The molecule has 1 aliphatic heterocycles. The van der Waals surface area contributed by atoms with Gasteiger partial charge in [0.2, 0.25) is 6.29 Å². The molecule has 0 unspecified atom stereocenters. The topological polar surface area (TPSA) is 67.8 Å². The first-order valence-electron chi connectivity index (χ1n) is 10.9. The normalized spacial score (nSPS) is 21.4. The van der Waals surface area contributed by atoms with Crippen LogP contribution < -0.4 is 5.32 Å². The largest absolute Gasteiger partial charge is 0.459 e. The number of amides is 1. The molecule has 1 heterocycles. The van der Waals surface area contributed by atoms with E-state index in [1.807, 2.05) is 30.3 Å². The summed E-state index contributed by atoms with van der Waals surface area (Å²) < 4.78 is 13.2. The van der Waals surface area contributed by atoms with E-state index in [1.54, 1.807) is 0 Å². The van der Waals surface area contributed by atoms with E-state index >= 15 is 0 Å². The number of hydrogen-bond donors (Lipinski definition) is 2. The van der Waals surface area contributed by atoms with E-state index in [4.69, 9.17) is 9.47 Å². The molecule has 2 aliphatic rings. The number of nitrogens with one attached hydrogen (secondary N) is 1. The molecule has 164 valence electrons. The molecule has 5 nitrogen and oxygen atoms in total. The van der Waals surface area contributed by atoms with Gasteiger partial charge in [0, 0.05) is 22.0 Å². The fraction of sp³-hybridized carbons (Fsp3) is 0.400. The van der Waals surface area contributed by atoms with Gasteiger partial charge in [0.1, 0.15) is 0 Å². The van der Waals surface area contributed by atoms with Crippen molar-refractivity contribution in [3.05, 3.63) is 80.6 Å². The Morgan fingerprint density at radius 2 is 1.74 bits per heavy atom. The number of halogens is 1. The Kier molecular flexibility index (Phi) is 7.63. The van der Waals surface area contributed by atoms with Crippen LogP contribution in [-0.2, 0) is 27.5 Å². The Morgan fingerprint density at radius 3 is 2.42 bits per heavy atom. The van der Waals surface area contributed by atoms with Gasteiger partial charge in [-0.05, 0) is 70.3 Å². The first kappa shape index (κ1) is 22.3. The van der Waals surface area contributed by atoms with Gasteiger partial charge in [-0.15, -0.1) is 0 Å². The minimum Gasteiger partial charge on any atom is -0.459 e. The number of ether oxygens (including phenoxy) is 2. The van der Waals surface area contributed by atoms with Crippen molar-refractivity contribution in [3.63, 3.8) is 0 Å². The van der Waals surface area contributed by atoms with Crippen LogP contribution in [0.15, 0.2) is 60.4 Å². The highest BCUT2D eigenvalue weighted by Crippen LogP contribution is 2.32. The lowest BCUT2D eigenvalue weighted by Crippen LogP contribution is -2.37. The van der Waals surface area contributed by atoms with E-state index in [0.29, 0.717) is 18.8 Å². The van der Waals surface area contributed by atoms with E-state index < -0.39 is 6.29 Å². The van der Waals surface area contributed by atoms with Gasteiger partial charge in [-0.2, -0.15) is 0 Å². The minimum atomic E-state index is -0.504. The Balaban J connectivity index is 1.47. The summed E-state index contributed by atoms with van der Waals surface area (Å²) in [4.78, 5) is 12.9. The molecule has 1 saturated carbocycles. The molecule has 4 rings (SSSR count). The summed E-state index contributed by atoms with van der Waals surface area (Å²) in [5, 5.41) is 12.3. The van der Waals surface area contributed by atoms with Crippen LogP contribution in [0.3, 0.4) is 0 Å². The predicted molar refractivity (Wildman–Crippen MR) is 127 cm³/mol. The average Bonchev–Trinajstić information content (AvgIpc) is 3.31. The SMILES string of the molecule is O=C(NC1CCCC1)C1=C[C@H](c2ccc(I)cc2)C[C@H](OCc2ccc(CO)cc2)O1. The van der Waals surface area contributed by atoms with Gasteiger partial charge in [0.15, 0.2) is 5.76 Å². The van der Waals surface area contributed by atoms with Crippen LogP contribution in [0.25, 0.3) is 0 Å². The average molecular weight is 533 g/mol. The zero-order chi connectivity index (χ0) is 21.6. The van der Waals surface area contributed by atoms with Crippen molar-refractivity contribution in [2.75, 3.05) is 0 Å². The number of carbonyl (C=O) groups is 1. The second kappa shape index (κ2) is 10.6. The third kappa shape index (κ3) is 6.08. The fourth-order valence-electron chi connectivity index (χ4n) is 4.12. The van der Waals surface area contributed by atoms with Gasteiger partial charge in [-0.3, -0.25) is 4.79 Å². The molecule has 2 N–H and O–H groups in total. The monoisotopic (exact) mass is 533 g/mol. The van der Waals surface area contributed by atoms with E-state index in [-0.39, 0.29) is 24.5 Å². The number of benzene rings is 2. The zero-order valence-corrected chi connectivity index (χ0v) is 19.6. The molecule has 0 saturated heterocycles. The lowest BCUT2D eigenvalue weighted by atomic mass is 9.93. The first-order valence-corrected chi connectivity index (χ1v) is 11.9. The smallest absolute Gasteiger partial charge is 0.286 e. The summed E-state index contributed by atoms with van der Waals surface area (Å²) in [5.74, 6) is 0.252. The van der Waals surface area contributed by atoms with Crippen molar-refractivity contribution in [2.45, 2.75) is 63.6 Å². The highest BCUT2D eigenvalue weighted by molar-refractivity contribution is 14.1. The zero-order valence-electron chi connectivity index (χ0n) is 17.4. The molecule has 2 atom stereocenters. The van der Waals surface area contributed by atoms with Crippen LogP contribution in [0.1, 0.15) is 54.7 Å². The summed E-state index contributed by atoms with van der Waals surface area (Å²) in [6.45, 7) is 0.405. The van der Waals surface area contributed by atoms with Crippen molar-refractivity contribution < 1.29 is 19.4 Å². The number of carbonyl (C=O) groups excluding carboxylic acids is 1. The summed E-state index contributed by atoms with van der Waals surface area (Å²) in [6.07, 6.45) is 6.47. The summed E-state index contributed by atoms with van der Waals surface area (Å²) in [6, 6.07) is 16.2. The van der Waals surface area contributed by atoms with Crippen molar-refractivity contribution >= 4 is 28.5 Å². The van der Waals surface area contributed by atoms with Gasteiger partial charge < -0.3 is 19.9 Å². The van der Waals surface area contributed by atoms with Gasteiger partial charge in [-0.1, -0.05) is 49.2 Å². The van der Waals surface area contributed by atoms with Crippen LogP contribution in [0.5, 0.6) is 0 Å². The quantitative estimate of drug-likeness (QED) is 0.504. The predicted octanol–water partition coefficient (Wildman–Crippen LogP) is 4.77. The lowest BCUT2D eigenvalue weighted by molar-refractivity contribution is -0.150. The Labute approximate surface area is 197 Å². The number of allylic oxidation sites excluding steroid dienone is 1. The van der Waals surface area contributed by atoms with Gasteiger partial charge >= 0.3 is 0 Å². The number of rotatable bonds is 7. The first-order chi connectivity index (χ1) is 15.1. The molecule has 0 spiro atoms. The van der Waals surface area contributed by atoms with Crippen molar-refractivity contribution in [1.82, 2.24) is 5.32 Å². The van der Waals surface area contributed by atoms with Crippen LogP contribution in [-0.4, -0.2) is 23.3 Å². The van der Waals surface area contributed by atoms with Gasteiger partial charge in [-0.25, -0.2) is 0 Å². The van der Waals surface area contributed by atoms with Crippen molar-refractivity contribution in [1.29, 1.82) is 0 Å². The Hall–Kier alpha value is -1.90. The number of hydrogen-bond acceptors (Lipinski definition) is 4. The van der Waals surface area contributed by atoms with E-state index in [0.717, 1.165) is 42.4 Å². The lowest BCUT2D eigenvalue weighted by Gasteiger charge is -2.30. The maximum atomic E-state index is 12.9. The van der Waals surface area contributed by atoms with E-state index in [1.165, 1.54) is 3.57 Å². The maximum Gasteiger partial charge on any atom is 0.286 e. The van der Waals surface area contributed by atoms with Crippen molar-refractivity contribution in [2.24, 2.45) is 0 Å². The van der Waals surface area contributed by atoms with Crippen LogP contribution in [0.2, 0.25) is 0 Å². The molecule has 1 amide bonds. The Bertz CT molecular complexity index is 904. The molecule has 6 heteroatoms. The summed E-state index contributed by atoms with van der Waals surface area (Å²) in [5.41, 5.74) is 3.01. The molecule has 1 aliphatic carbocycles. The van der Waals surface area contributed by atoms with Crippen LogP contribution in [0.4, 0.5) is 0 Å². The molecule has 2 aromatic carbocycles. The minimum absolute atomic E-state index is 0.0226. The number of aliphatic hydroxyl groups is 1. The van der Waals surface area contributed by atoms with Crippen LogP contribution >= 0.6 is 22.6 Å². The standard InChI is InChI=1S/C25H28INO4/c26-21-11-9-19(10-12-21)20-13-23(25(29)27-22-3-1-2-4-22)31-24(14-20)30-16-18-7-5-17(15-28)6-8-18/h5-13,20,22,24,28H,1-4,14-16H2,(H,27,29)/t20-,24+/m0/s1. The van der Waals surface area contributed by atoms with Gasteiger partial charge in [0.05, 0.1) is 13.2 Å². The molecule has 31 heavy (non-hydrogen) atoms. The highest BCUT2D eigenvalue weighted by atomic mass is 127.